The fourth-order valence-electron chi connectivity index (χ4n) is 1.25. The third kappa shape index (κ3) is 3.28. The number of thiazole rings is 1. The lowest BCUT2D eigenvalue weighted by molar-refractivity contribution is -0.123. The summed E-state index contributed by atoms with van der Waals surface area (Å²) in [4.78, 5) is 17.1. The van der Waals surface area contributed by atoms with Crippen LogP contribution in [0.3, 0.4) is 0 Å². The molecule has 0 aromatic carbocycles. The van der Waals surface area contributed by atoms with Gasteiger partial charge in [-0.25, -0.2) is 4.98 Å². The predicted molar refractivity (Wildman–Crippen MR) is 66.3 cm³/mol. The van der Waals surface area contributed by atoms with Gasteiger partial charge in [0.1, 0.15) is 5.01 Å². The highest BCUT2D eigenvalue weighted by Gasteiger charge is 2.16. The first-order valence-corrected chi connectivity index (χ1v) is 6.40. The van der Waals surface area contributed by atoms with E-state index in [1.54, 1.807) is 11.3 Å². The summed E-state index contributed by atoms with van der Waals surface area (Å²) in [5.74, 6) is -0.108. The van der Waals surface area contributed by atoms with Crippen LogP contribution >= 0.6 is 11.3 Å². The lowest BCUT2D eigenvalue weighted by Gasteiger charge is -2.14. The molecule has 1 amide bonds. The van der Waals surface area contributed by atoms with Crippen molar-refractivity contribution in [2.24, 2.45) is 5.73 Å². The van der Waals surface area contributed by atoms with Crippen molar-refractivity contribution in [3.05, 3.63) is 16.1 Å². The molecule has 0 fully saturated rings. The van der Waals surface area contributed by atoms with Gasteiger partial charge < -0.3 is 11.1 Å². The number of nitrogens with zero attached hydrogens (tertiary/aromatic N) is 1. The Kier molecular flexibility index (Phi) is 4.89. The molecule has 1 rings (SSSR count). The van der Waals surface area contributed by atoms with Crippen LogP contribution in [-0.4, -0.2) is 16.9 Å². The van der Waals surface area contributed by atoms with Gasteiger partial charge in [-0.15, -0.1) is 11.3 Å². The van der Waals surface area contributed by atoms with Crippen molar-refractivity contribution in [2.75, 3.05) is 0 Å². The normalized spacial score (nSPS) is 14.5. The van der Waals surface area contributed by atoms with Crippen molar-refractivity contribution in [2.45, 2.75) is 45.7 Å². The van der Waals surface area contributed by atoms with Gasteiger partial charge in [0.05, 0.1) is 12.1 Å². The molecule has 4 nitrogen and oxygen atoms in total. The summed E-state index contributed by atoms with van der Waals surface area (Å²) in [6.07, 6.45) is 3.49. The molecular formula is C11H19N3OS. The number of hydrogen-bond acceptors (Lipinski definition) is 4. The Morgan fingerprint density at radius 3 is 2.81 bits per heavy atom. The molecule has 0 aliphatic rings. The Balaban J connectivity index is 2.58. The summed E-state index contributed by atoms with van der Waals surface area (Å²) in [6, 6.07) is -0.483. The maximum atomic E-state index is 11.6. The van der Waals surface area contributed by atoms with Crippen LogP contribution in [0.4, 0.5) is 0 Å². The molecule has 90 valence electrons. The second-order valence-electron chi connectivity index (χ2n) is 3.76. The standard InChI is InChI=1S/C11H19N3OS/c1-4-8-6-13-11(16-8)7(3)14-10(15)9(12)5-2/h6-7,9H,4-5,12H2,1-3H3,(H,14,15)/t7?,9-/m0/s1. The van der Waals surface area contributed by atoms with E-state index in [1.165, 1.54) is 4.88 Å². The largest absolute Gasteiger partial charge is 0.346 e. The molecule has 0 saturated carbocycles. The van der Waals surface area contributed by atoms with Crippen LogP contribution in [0.15, 0.2) is 6.20 Å². The Bertz CT molecular complexity index is 351. The quantitative estimate of drug-likeness (QED) is 0.823. The molecule has 0 aliphatic carbocycles. The van der Waals surface area contributed by atoms with Gasteiger partial charge in [0, 0.05) is 11.1 Å². The summed E-state index contributed by atoms with van der Waals surface area (Å²) < 4.78 is 0. The van der Waals surface area contributed by atoms with Gasteiger partial charge in [-0.2, -0.15) is 0 Å². The monoisotopic (exact) mass is 241 g/mol. The van der Waals surface area contributed by atoms with Crippen molar-refractivity contribution in [1.82, 2.24) is 10.3 Å². The molecule has 5 heteroatoms. The number of amides is 1. The van der Waals surface area contributed by atoms with Crippen molar-refractivity contribution in [1.29, 1.82) is 0 Å². The van der Waals surface area contributed by atoms with Gasteiger partial charge >= 0.3 is 0 Å². The first-order valence-electron chi connectivity index (χ1n) is 5.59. The smallest absolute Gasteiger partial charge is 0.237 e. The Labute approximate surface area is 100 Å². The highest BCUT2D eigenvalue weighted by molar-refractivity contribution is 7.11. The number of nitrogens with two attached hydrogens (primary N) is 1. The number of aryl methyl sites for hydroxylation is 1. The van der Waals surface area contributed by atoms with E-state index in [1.807, 2.05) is 20.0 Å². The van der Waals surface area contributed by atoms with Crippen LogP contribution in [0.1, 0.15) is 43.1 Å². The fourth-order valence-corrected chi connectivity index (χ4v) is 2.11. The second kappa shape index (κ2) is 5.96. The van der Waals surface area contributed by atoms with Gasteiger partial charge in [-0.05, 0) is 19.8 Å². The lowest BCUT2D eigenvalue weighted by atomic mass is 10.2. The van der Waals surface area contributed by atoms with Gasteiger partial charge in [0.2, 0.25) is 5.91 Å². The number of carbonyl (C=O) groups excluding carboxylic acids is 1. The second-order valence-corrected chi connectivity index (χ2v) is 4.91. The van der Waals surface area contributed by atoms with E-state index in [0.29, 0.717) is 6.42 Å². The number of rotatable bonds is 5. The molecule has 1 unspecified atom stereocenters. The summed E-state index contributed by atoms with van der Waals surface area (Å²) in [5, 5.41) is 3.81. The molecule has 16 heavy (non-hydrogen) atoms. The molecule has 0 saturated heterocycles. The predicted octanol–water partition coefficient (Wildman–Crippen LogP) is 1.62. The van der Waals surface area contributed by atoms with E-state index in [9.17, 15) is 4.79 Å². The maximum absolute atomic E-state index is 11.6. The number of carbonyl (C=O) groups is 1. The molecule has 0 radical (unpaired) electrons. The van der Waals surface area contributed by atoms with Gasteiger partial charge in [-0.3, -0.25) is 4.79 Å². The average molecular weight is 241 g/mol. The number of hydrogen-bond donors (Lipinski definition) is 2. The van der Waals surface area contributed by atoms with E-state index < -0.39 is 6.04 Å². The van der Waals surface area contributed by atoms with Gasteiger partial charge in [0.25, 0.3) is 0 Å². The minimum atomic E-state index is -0.423. The zero-order valence-electron chi connectivity index (χ0n) is 9.99. The van der Waals surface area contributed by atoms with Crippen molar-refractivity contribution in [3.8, 4) is 0 Å². The van der Waals surface area contributed by atoms with Crippen molar-refractivity contribution < 1.29 is 4.79 Å². The van der Waals surface area contributed by atoms with Crippen LogP contribution in [0.5, 0.6) is 0 Å². The van der Waals surface area contributed by atoms with E-state index in [-0.39, 0.29) is 11.9 Å². The van der Waals surface area contributed by atoms with Crippen LogP contribution in [-0.2, 0) is 11.2 Å². The Morgan fingerprint density at radius 2 is 2.31 bits per heavy atom. The average Bonchev–Trinajstić information content (AvgIpc) is 2.76. The first-order chi connectivity index (χ1) is 7.58. The zero-order chi connectivity index (χ0) is 12.1. The maximum Gasteiger partial charge on any atom is 0.237 e. The number of nitrogens with one attached hydrogen (secondary N) is 1. The summed E-state index contributed by atoms with van der Waals surface area (Å²) in [7, 11) is 0. The van der Waals surface area contributed by atoms with E-state index in [4.69, 9.17) is 5.73 Å². The third-order valence-corrected chi connectivity index (χ3v) is 3.75. The van der Waals surface area contributed by atoms with Crippen LogP contribution in [0.25, 0.3) is 0 Å². The molecule has 0 aliphatic heterocycles. The first kappa shape index (κ1) is 13.1. The van der Waals surface area contributed by atoms with Gasteiger partial charge in [0.15, 0.2) is 0 Å². The molecule has 1 aromatic heterocycles. The Morgan fingerprint density at radius 1 is 1.62 bits per heavy atom. The molecule has 3 N–H and O–H groups in total. The molecule has 2 atom stereocenters. The third-order valence-electron chi connectivity index (χ3n) is 2.43. The summed E-state index contributed by atoms with van der Waals surface area (Å²) >= 11 is 1.64. The molecular weight excluding hydrogens is 222 g/mol. The van der Waals surface area contributed by atoms with Crippen LogP contribution in [0, 0.1) is 0 Å². The van der Waals surface area contributed by atoms with Crippen LogP contribution in [0.2, 0.25) is 0 Å². The van der Waals surface area contributed by atoms with E-state index in [0.717, 1.165) is 11.4 Å². The summed E-state index contributed by atoms with van der Waals surface area (Å²) in [6.45, 7) is 5.92. The summed E-state index contributed by atoms with van der Waals surface area (Å²) in [5.41, 5.74) is 5.65. The molecule has 0 bridgehead atoms. The van der Waals surface area contributed by atoms with E-state index >= 15 is 0 Å². The fraction of sp³-hybridized carbons (Fsp3) is 0.636. The molecule has 0 spiro atoms. The minimum absolute atomic E-state index is 0.0598. The minimum Gasteiger partial charge on any atom is -0.346 e. The van der Waals surface area contributed by atoms with Crippen molar-refractivity contribution >= 4 is 17.2 Å². The topological polar surface area (TPSA) is 68.0 Å². The van der Waals surface area contributed by atoms with Gasteiger partial charge in [-0.1, -0.05) is 13.8 Å². The SMILES string of the molecule is CCc1cnc(C(C)NC(=O)[C@@H](N)CC)s1. The molecule has 1 heterocycles. The van der Waals surface area contributed by atoms with E-state index in [2.05, 4.69) is 17.2 Å². The van der Waals surface area contributed by atoms with Crippen molar-refractivity contribution in [3.63, 3.8) is 0 Å². The number of aromatic nitrogens is 1. The Hall–Kier alpha value is -0.940. The van der Waals surface area contributed by atoms with Crippen LogP contribution < -0.4 is 11.1 Å². The highest BCUT2D eigenvalue weighted by Crippen LogP contribution is 2.20. The lowest BCUT2D eigenvalue weighted by Crippen LogP contribution is -2.41. The zero-order valence-corrected chi connectivity index (χ0v) is 10.8. The molecule has 1 aromatic rings. The highest BCUT2D eigenvalue weighted by atomic mass is 32.1.